The number of benzene rings is 2. The number of carbonyl (C=O) groups is 1. The topological polar surface area (TPSA) is 38.8 Å². The van der Waals surface area contributed by atoms with Crippen LogP contribution in [0.25, 0.3) is 0 Å². The van der Waals surface area contributed by atoms with E-state index < -0.39 is 11.7 Å². The molecule has 0 aromatic heterocycles. The van der Waals surface area contributed by atoms with Gasteiger partial charge < -0.3 is 14.4 Å². The van der Waals surface area contributed by atoms with E-state index in [2.05, 4.69) is 0 Å². The van der Waals surface area contributed by atoms with Crippen molar-refractivity contribution < 1.29 is 27.4 Å². The number of hydrogen-bond donors (Lipinski definition) is 0. The normalized spacial score (nSPS) is 12.4. The summed E-state index contributed by atoms with van der Waals surface area (Å²) >= 11 is 0. The first-order valence-corrected chi connectivity index (χ1v) is 9.27. The van der Waals surface area contributed by atoms with Gasteiger partial charge in [0, 0.05) is 20.0 Å². The number of carbonyl (C=O) groups excluding carboxylic acids is 1. The summed E-state index contributed by atoms with van der Waals surface area (Å²) in [6.45, 7) is 2.36. The molecule has 0 bridgehead atoms. The molecule has 0 aliphatic carbocycles. The molecule has 0 fully saturated rings. The van der Waals surface area contributed by atoms with Gasteiger partial charge in [0.15, 0.2) is 11.5 Å². The molecule has 0 heterocycles. The van der Waals surface area contributed by atoms with Crippen molar-refractivity contribution in [1.29, 1.82) is 0 Å². The molecule has 1 unspecified atom stereocenters. The molecule has 0 radical (unpaired) electrons. The molecule has 4 nitrogen and oxygen atoms in total. The standard InChI is InChI=1S/C22H26F3NO3/c1-15(17-6-8-18(9-7-17)22(23,24)25)13-21(27)26(2)12-11-16-5-10-19(28-3)20(14-16)29-4/h5-10,14-15H,11-13H2,1-4H3. The Morgan fingerprint density at radius 1 is 1.03 bits per heavy atom. The summed E-state index contributed by atoms with van der Waals surface area (Å²) in [5.74, 6) is 1.05. The number of alkyl halides is 3. The predicted molar refractivity (Wildman–Crippen MR) is 105 cm³/mol. The quantitative estimate of drug-likeness (QED) is 0.621. The Balaban J connectivity index is 1.91. The van der Waals surface area contributed by atoms with Crippen molar-refractivity contribution in [2.45, 2.75) is 31.9 Å². The highest BCUT2D eigenvalue weighted by Gasteiger charge is 2.30. The van der Waals surface area contributed by atoms with Gasteiger partial charge in [-0.3, -0.25) is 4.79 Å². The molecular formula is C22H26F3NO3. The maximum atomic E-state index is 12.7. The van der Waals surface area contributed by atoms with Crippen molar-refractivity contribution in [3.63, 3.8) is 0 Å². The molecule has 0 spiro atoms. The van der Waals surface area contributed by atoms with Gasteiger partial charge in [-0.2, -0.15) is 13.2 Å². The maximum absolute atomic E-state index is 12.7. The Hall–Kier alpha value is -2.70. The Morgan fingerprint density at radius 2 is 1.66 bits per heavy atom. The lowest BCUT2D eigenvalue weighted by molar-refractivity contribution is -0.137. The van der Waals surface area contributed by atoms with Crippen molar-refractivity contribution in [3.8, 4) is 11.5 Å². The monoisotopic (exact) mass is 409 g/mol. The molecule has 1 atom stereocenters. The predicted octanol–water partition coefficient (Wildman–Crippen LogP) is 4.92. The van der Waals surface area contributed by atoms with Gasteiger partial charge in [-0.15, -0.1) is 0 Å². The lowest BCUT2D eigenvalue weighted by Gasteiger charge is -2.20. The fourth-order valence-corrected chi connectivity index (χ4v) is 2.99. The summed E-state index contributed by atoms with van der Waals surface area (Å²) in [6.07, 6.45) is -3.48. The van der Waals surface area contributed by atoms with Crippen LogP contribution in [0.5, 0.6) is 11.5 Å². The molecule has 0 aliphatic heterocycles. The summed E-state index contributed by atoms with van der Waals surface area (Å²) in [6, 6.07) is 10.6. The van der Waals surface area contributed by atoms with Crippen LogP contribution >= 0.6 is 0 Å². The van der Waals surface area contributed by atoms with E-state index in [0.717, 1.165) is 17.7 Å². The van der Waals surface area contributed by atoms with Crippen LogP contribution in [0.2, 0.25) is 0 Å². The summed E-state index contributed by atoms with van der Waals surface area (Å²) in [7, 11) is 4.87. The largest absolute Gasteiger partial charge is 0.493 e. The van der Waals surface area contributed by atoms with Gasteiger partial charge in [0.25, 0.3) is 0 Å². The van der Waals surface area contributed by atoms with Gasteiger partial charge >= 0.3 is 6.18 Å². The zero-order valence-corrected chi connectivity index (χ0v) is 17.0. The summed E-state index contributed by atoms with van der Waals surface area (Å²) < 4.78 is 48.5. The number of ether oxygens (including phenoxy) is 2. The third-order valence-corrected chi connectivity index (χ3v) is 4.90. The number of halogens is 3. The van der Waals surface area contributed by atoms with Crippen LogP contribution in [0.15, 0.2) is 42.5 Å². The highest BCUT2D eigenvalue weighted by molar-refractivity contribution is 5.76. The first kappa shape index (κ1) is 22.6. The van der Waals surface area contributed by atoms with Crippen LogP contribution in [0, 0.1) is 0 Å². The van der Waals surface area contributed by atoms with Gasteiger partial charge in [-0.05, 0) is 47.7 Å². The molecule has 158 valence electrons. The first-order chi connectivity index (χ1) is 13.7. The maximum Gasteiger partial charge on any atom is 0.416 e. The van der Waals surface area contributed by atoms with Crippen LogP contribution < -0.4 is 9.47 Å². The second-order valence-corrected chi connectivity index (χ2v) is 6.98. The molecule has 1 amide bonds. The minimum absolute atomic E-state index is 0.0575. The van der Waals surface area contributed by atoms with Crippen LogP contribution in [0.1, 0.15) is 36.0 Å². The van der Waals surface area contributed by atoms with Gasteiger partial charge in [0.1, 0.15) is 0 Å². The van der Waals surface area contributed by atoms with E-state index in [0.29, 0.717) is 30.0 Å². The second-order valence-electron chi connectivity index (χ2n) is 6.98. The lowest BCUT2D eigenvalue weighted by Crippen LogP contribution is -2.29. The molecule has 29 heavy (non-hydrogen) atoms. The number of nitrogens with zero attached hydrogens (tertiary/aromatic N) is 1. The zero-order chi connectivity index (χ0) is 21.6. The van der Waals surface area contributed by atoms with Crippen LogP contribution in [-0.2, 0) is 17.4 Å². The minimum Gasteiger partial charge on any atom is -0.493 e. The number of rotatable bonds is 8. The number of likely N-dealkylation sites (N-methyl/N-ethyl adjacent to an activating group) is 1. The van der Waals surface area contributed by atoms with Crippen LogP contribution in [-0.4, -0.2) is 38.6 Å². The van der Waals surface area contributed by atoms with E-state index in [1.807, 2.05) is 25.1 Å². The molecule has 7 heteroatoms. The van der Waals surface area contributed by atoms with Crippen LogP contribution in [0.3, 0.4) is 0 Å². The minimum atomic E-state index is -4.36. The highest BCUT2D eigenvalue weighted by Crippen LogP contribution is 2.31. The van der Waals surface area contributed by atoms with Crippen molar-refractivity contribution >= 4 is 5.91 Å². The number of hydrogen-bond acceptors (Lipinski definition) is 3. The van der Waals surface area contributed by atoms with E-state index >= 15 is 0 Å². The average molecular weight is 409 g/mol. The molecule has 0 saturated carbocycles. The van der Waals surface area contributed by atoms with Crippen molar-refractivity contribution in [2.24, 2.45) is 0 Å². The van der Waals surface area contributed by atoms with Crippen LogP contribution in [0.4, 0.5) is 13.2 Å². The SMILES string of the molecule is COc1ccc(CCN(C)C(=O)CC(C)c2ccc(C(F)(F)F)cc2)cc1OC. The molecule has 2 aromatic carbocycles. The second kappa shape index (κ2) is 9.67. The summed E-state index contributed by atoms with van der Waals surface area (Å²) in [5.41, 5.74) is 1.03. The summed E-state index contributed by atoms with van der Waals surface area (Å²) in [5, 5.41) is 0. The Labute approximate surface area is 169 Å². The van der Waals surface area contributed by atoms with E-state index in [-0.39, 0.29) is 18.2 Å². The third kappa shape index (κ3) is 6.14. The van der Waals surface area contributed by atoms with Gasteiger partial charge in [-0.25, -0.2) is 0 Å². The van der Waals surface area contributed by atoms with E-state index in [1.165, 1.54) is 12.1 Å². The first-order valence-electron chi connectivity index (χ1n) is 9.27. The van der Waals surface area contributed by atoms with Gasteiger partial charge in [0.05, 0.1) is 19.8 Å². The fraction of sp³-hybridized carbons (Fsp3) is 0.409. The van der Waals surface area contributed by atoms with Crippen molar-refractivity contribution in [3.05, 3.63) is 59.2 Å². The molecule has 2 aromatic rings. The van der Waals surface area contributed by atoms with Crippen molar-refractivity contribution in [1.82, 2.24) is 4.90 Å². The summed E-state index contributed by atoms with van der Waals surface area (Å²) in [4.78, 5) is 14.1. The Morgan fingerprint density at radius 3 is 2.21 bits per heavy atom. The van der Waals surface area contributed by atoms with Gasteiger partial charge in [-0.1, -0.05) is 25.1 Å². The average Bonchev–Trinajstić information content (AvgIpc) is 2.70. The third-order valence-electron chi connectivity index (χ3n) is 4.90. The lowest BCUT2D eigenvalue weighted by atomic mass is 9.96. The molecular weight excluding hydrogens is 383 g/mol. The smallest absolute Gasteiger partial charge is 0.416 e. The fourth-order valence-electron chi connectivity index (χ4n) is 2.99. The van der Waals surface area contributed by atoms with E-state index in [9.17, 15) is 18.0 Å². The molecule has 0 aliphatic rings. The Kier molecular flexibility index (Phi) is 7.53. The molecule has 0 N–H and O–H groups in total. The van der Waals surface area contributed by atoms with Crippen molar-refractivity contribution in [2.75, 3.05) is 27.8 Å². The number of amides is 1. The van der Waals surface area contributed by atoms with E-state index in [1.54, 1.807) is 26.2 Å². The number of methoxy groups -OCH3 is 2. The van der Waals surface area contributed by atoms with E-state index in [4.69, 9.17) is 9.47 Å². The zero-order valence-electron chi connectivity index (χ0n) is 17.0. The highest BCUT2D eigenvalue weighted by atomic mass is 19.4. The van der Waals surface area contributed by atoms with Gasteiger partial charge in [0.2, 0.25) is 5.91 Å². The molecule has 2 rings (SSSR count). The Bertz CT molecular complexity index is 819. The molecule has 0 saturated heterocycles.